The highest BCUT2D eigenvalue weighted by Crippen LogP contribution is 2.36. The van der Waals surface area contributed by atoms with E-state index in [0.717, 1.165) is 47.3 Å². The Labute approximate surface area is 236 Å². The molecule has 0 saturated heterocycles. The first kappa shape index (κ1) is 26.0. The van der Waals surface area contributed by atoms with Crippen LogP contribution < -0.4 is 0 Å². The summed E-state index contributed by atoms with van der Waals surface area (Å²) in [6, 6.07) is 10.4. The molecule has 2 fully saturated rings. The summed E-state index contributed by atoms with van der Waals surface area (Å²) in [5.41, 5.74) is 5.14. The van der Waals surface area contributed by atoms with Gasteiger partial charge in [0.25, 0.3) is 0 Å². The van der Waals surface area contributed by atoms with Crippen molar-refractivity contribution in [3.63, 3.8) is 0 Å². The minimum atomic E-state index is -3.33. The van der Waals surface area contributed by atoms with Gasteiger partial charge in [-0.05, 0) is 61.1 Å². The van der Waals surface area contributed by atoms with Crippen molar-refractivity contribution in [3.05, 3.63) is 84.6 Å². The zero-order valence-corrected chi connectivity index (χ0v) is 23.2. The second-order valence-corrected chi connectivity index (χ2v) is 13.5. The van der Waals surface area contributed by atoms with Crippen LogP contribution in [0.25, 0.3) is 39.0 Å². The molecule has 1 aromatic carbocycles. The maximum Gasteiger partial charge on any atom is 0.157 e. The monoisotopic (exact) mass is 573 g/mol. The van der Waals surface area contributed by atoms with Gasteiger partial charge in [-0.1, -0.05) is 25.3 Å². The van der Waals surface area contributed by atoms with E-state index >= 15 is 0 Å². The van der Waals surface area contributed by atoms with Crippen molar-refractivity contribution in [2.24, 2.45) is 0 Å². The number of hydrogen-bond acceptors (Lipinski definition) is 5. The summed E-state index contributed by atoms with van der Waals surface area (Å²) in [6.07, 6.45) is 16.0. The Morgan fingerprint density at radius 2 is 1.61 bits per heavy atom. The molecule has 0 atom stereocenters. The van der Waals surface area contributed by atoms with Gasteiger partial charge >= 0.3 is 0 Å². The first-order valence-corrected chi connectivity index (χ1v) is 15.7. The lowest BCUT2D eigenvalue weighted by Gasteiger charge is -2.21. The Hall–Kier alpha value is -3.92. The Kier molecular flexibility index (Phi) is 6.45. The van der Waals surface area contributed by atoms with E-state index in [0.29, 0.717) is 35.6 Å². The van der Waals surface area contributed by atoms with Crippen LogP contribution in [0, 0.1) is 11.6 Å². The molecule has 4 heterocycles. The largest absolute Gasteiger partial charge is 0.269 e. The van der Waals surface area contributed by atoms with Gasteiger partial charge in [0.05, 0.1) is 41.2 Å². The number of halogens is 2. The van der Waals surface area contributed by atoms with Crippen molar-refractivity contribution < 1.29 is 17.2 Å². The van der Waals surface area contributed by atoms with Crippen molar-refractivity contribution in [1.82, 2.24) is 24.4 Å². The molecule has 4 aromatic heterocycles. The SMILES string of the molecule is O=S(=O)(Cc1cc(-c2ncc(F)cc2F)cc(-c2cnn3cc(-c4cnn(C5CCCCC5)c4)ccc23)c1)C1CC1. The maximum atomic E-state index is 14.8. The third-order valence-corrected chi connectivity index (χ3v) is 10.4. The van der Waals surface area contributed by atoms with Gasteiger partial charge in [0, 0.05) is 40.7 Å². The van der Waals surface area contributed by atoms with Crippen LogP contribution >= 0.6 is 0 Å². The van der Waals surface area contributed by atoms with Crippen LogP contribution in [0.15, 0.2) is 67.4 Å². The molecule has 2 saturated carbocycles. The van der Waals surface area contributed by atoms with Gasteiger partial charge in [-0.2, -0.15) is 10.2 Å². The molecular weight excluding hydrogens is 544 g/mol. The van der Waals surface area contributed by atoms with Gasteiger partial charge in [0.15, 0.2) is 15.7 Å². The highest BCUT2D eigenvalue weighted by Gasteiger charge is 2.35. The Bertz CT molecular complexity index is 1870. The standard InChI is InChI=1S/C31H29F2N5O2S/c32-25-13-29(33)31(34-15-25)23-11-20(19-41(39,40)27-7-8-27)10-22(12-23)28-16-36-38-17-21(6-9-30(28)38)24-14-35-37(18-24)26-4-2-1-3-5-26/h6,9-18,26-27H,1-5,7-8,19H2. The molecule has 7 nitrogen and oxygen atoms in total. The molecule has 0 unspecified atom stereocenters. The van der Waals surface area contributed by atoms with Gasteiger partial charge < -0.3 is 0 Å². The molecule has 0 aliphatic heterocycles. The molecule has 210 valence electrons. The normalized spacial score (nSPS) is 16.4. The number of fused-ring (bicyclic) bond motifs is 1. The van der Waals surface area contributed by atoms with Gasteiger partial charge in [-0.3, -0.25) is 9.67 Å². The van der Waals surface area contributed by atoms with E-state index < -0.39 is 21.5 Å². The lowest BCUT2D eigenvalue weighted by Crippen LogP contribution is -2.12. The molecule has 0 bridgehead atoms. The summed E-state index contributed by atoms with van der Waals surface area (Å²) in [7, 11) is -3.33. The van der Waals surface area contributed by atoms with Crippen LogP contribution in [-0.2, 0) is 15.6 Å². The zero-order valence-electron chi connectivity index (χ0n) is 22.4. The number of pyridine rings is 2. The molecule has 0 spiro atoms. The van der Waals surface area contributed by atoms with Crippen LogP contribution in [0.3, 0.4) is 0 Å². The van der Waals surface area contributed by atoms with Crippen LogP contribution in [0.4, 0.5) is 8.78 Å². The van der Waals surface area contributed by atoms with Crippen molar-refractivity contribution >= 4 is 15.4 Å². The number of aromatic nitrogens is 5. The van der Waals surface area contributed by atoms with E-state index in [4.69, 9.17) is 0 Å². The number of hydrogen-bond donors (Lipinski definition) is 0. The highest BCUT2D eigenvalue weighted by molar-refractivity contribution is 7.91. The quantitative estimate of drug-likeness (QED) is 0.214. The van der Waals surface area contributed by atoms with Gasteiger partial charge in [0.2, 0.25) is 0 Å². The molecule has 0 N–H and O–H groups in total. The smallest absolute Gasteiger partial charge is 0.157 e. The minimum absolute atomic E-state index is 0.0351. The van der Waals surface area contributed by atoms with E-state index in [2.05, 4.69) is 26.1 Å². The zero-order chi connectivity index (χ0) is 28.1. The fraction of sp³-hybridized carbons (Fsp3) is 0.323. The van der Waals surface area contributed by atoms with Crippen molar-refractivity contribution in [2.75, 3.05) is 0 Å². The van der Waals surface area contributed by atoms with Crippen LogP contribution in [-0.4, -0.2) is 38.0 Å². The third-order valence-electron chi connectivity index (χ3n) is 8.18. The molecular formula is C31H29F2N5O2S. The molecule has 2 aliphatic carbocycles. The summed E-state index contributed by atoms with van der Waals surface area (Å²) in [5, 5.41) is 8.89. The molecule has 7 rings (SSSR count). The maximum absolute atomic E-state index is 14.8. The van der Waals surface area contributed by atoms with E-state index in [-0.39, 0.29) is 16.7 Å². The minimum Gasteiger partial charge on any atom is -0.269 e. The molecule has 41 heavy (non-hydrogen) atoms. The van der Waals surface area contributed by atoms with E-state index in [1.807, 2.05) is 30.6 Å². The number of nitrogens with zero attached hydrogens (tertiary/aromatic N) is 5. The van der Waals surface area contributed by atoms with Crippen molar-refractivity contribution in [1.29, 1.82) is 0 Å². The van der Waals surface area contributed by atoms with E-state index in [1.165, 1.54) is 19.3 Å². The number of sulfone groups is 1. The summed E-state index contributed by atoms with van der Waals surface area (Å²) in [4.78, 5) is 3.97. The second kappa shape index (κ2) is 10.2. The first-order valence-electron chi connectivity index (χ1n) is 14.0. The first-order chi connectivity index (χ1) is 19.8. The summed E-state index contributed by atoms with van der Waals surface area (Å²) < 4.78 is 57.9. The number of rotatable bonds is 7. The van der Waals surface area contributed by atoms with Crippen molar-refractivity contribution in [2.45, 2.75) is 62.0 Å². The second-order valence-electron chi connectivity index (χ2n) is 11.2. The molecule has 2 aliphatic rings. The topological polar surface area (TPSA) is 82.2 Å². The van der Waals surface area contributed by atoms with Crippen LogP contribution in [0.1, 0.15) is 56.6 Å². The fourth-order valence-electron chi connectivity index (χ4n) is 5.88. The molecule has 0 amide bonds. The fourth-order valence-corrected chi connectivity index (χ4v) is 7.60. The van der Waals surface area contributed by atoms with Crippen LogP contribution in [0.5, 0.6) is 0 Å². The Balaban J connectivity index is 1.27. The summed E-state index contributed by atoms with van der Waals surface area (Å²) >= 11 is 0. The summed E-state index contributed by atoms with van der Waals surface area (Å²) in [6.45, 7) is 0. The lowest BCUT2D eigenvalue weighted by atomic mass is 9.96. The molecule has 0 radical (unpaired) electrons. The third kappa shape index (κ3) is 5.16. The Morgan fingerprint density at radius 1 is 0.805 bits per heavy atom. The van der Waals surface area contributed by atoms with Gasteiger partial charge in [0.1, 0.15) is 11.5 Å². The van der Waals surface area contributed by atoms with Gasteiger partial charge in [-0.15, -0.1) is 0 Å². The predicted octanol–water partition coefficient (Wildman–Crippen LogP) is 6.79. The van der Waals surface area contributed by atoms with Crippen molar-refractivity contribution in [3.8, 4) is 33.5 Å². The summed E-state index contributed by atoms with van der Waals surface area (Å²) in [5.74, 6) is -1.74. The van der Waals surface area contributed by atoms with E-state index in [1.54, 1.807) is 22.8 Å². The Morgan fingerprint density at radius 3 is 2.39 bits per heavy atom. The predicted molar refractivity (Wildman–Crippen MR) is 153 cm³/mol. The average molecular weight is 574 g/mol. The number of benzene rings is 1. The molecule has 5 aromatic rings. The lowest BCUT2D eigenvalue weighted by molar-refractivity contribution is 0.329. The van der Waals surface area contributed by atoms with Gasteiger partial charge in [-0.25, -0.2) is 21.7 Å². The highest BCUT2D eigenvalue weighted by atomic mass is 32.2. The molecule has 10 heteroatoms. The van der Waals surface area contributed by atoms with E-state index in [9.17, 15) is 17.2 Å². The average Bonchev–Trinajstić information content (AvgIpc) is 3.57. The van der Waals surface area contributed by atoms with Crippen LogP contribution in [0.2, 0.25) is 0 Å².